The second-order valence-corrected chi connectivity index (χ2v) is 3.99. The Morgan fingerprint density at radius 2 is 2.00 bits per heavy atom. The fourth-order valence-electron chi connectivity index (χ4n) is 1.67. The summed E-state index contributed by atoms with van der Waals surface area (Å²) in [7, 11) is 3.27. The van der Waals surface area contributed by atoms with Crippen LogP contribution in [-0.4, -0.2) is 26.7 Å². The number of anilines is 1. The van der Waals surface area contributed by atoms with E-state index >= 15 is 0 Å². The van der Waals surface area contributed by atoms with E-state index < -0.39 is 0 Å². The predicted octanol–water partition coefficient (Wildman–Crippen LogP) is 2.46. The molecule has 0 aliphatic carbocycles. The van der Waals surface area contributed by atoms with E-state index in [1.54, 1.807) is 12.1 Å². The van der Waals surface area contributed by atoms with Crippen molar-refractivity contribution in [3.63, 3.8) is 0 Å². The first-order valence-corrected chi connectivity index (χ1v) is 5.63. The highest BCUT2D eigenvalue weighted by atomic mass is 19.1. The molecule has 0 aliphatic rings. The molecule has 0 saturated carbocycles. The van der Waals surface area contributed by atoms with Crippen molar-refractivity contribution in [2.24, 2.45) is 5.92 Å². The molecule has 0 spiro atoms. The lowest BCUT2D eigenvalue weighted by Gasteiger charge is -2.23. The Morgan fingerprint density at radius 1 is 1.41 bits per heavy atom. The van der Waals surface area contributed by atoms with Gasteiger partial charge in [0.1, 0.15) is 5.82 Å². The molecule has 1 aromatic carbocycles. The molecule has 0 aliphatic heterocycles. The summed E-state index contributed by atoms with van der Waals surface area (Å²) in [6.45, 7) is 2.51. The fourth-order valence-corrected chi connectivity index (χ4v) is 1.67. The summed E-state index contributed by atoms with van der Waals surface area (Å²) >= 11 is 0. The van der Waals surface area contributed by atoms with E-state index in [2.05, 4.69) is 0 Å². The van der Waals surface area contributed by atoms with Gasteiger partial charge in [-0.15, -0.1) is 0 Å². The Balaban J connectivity index is 2.67. The monoisotopic (exact) mass is 239 g/mol. The lowest BCUT2D eigenvalue weighted by atomic mass is 10.1. The first-order chi connectivity index (χ1) is 8.08. The zero-order chi connectivity index (χ0) is 12.8. The van der Waals surface area contributed by atoms with E-state index in [0.29, 0.717) is 6.54 Å². The van der Waals surface area contributed by atoms with Gasteiger partial charge in [0, 0.05) is 19.3 Å². The average Bonchev–Trinajstić information content (AvgIpc) is 2.35. The van der Waals surface area contributed by atoms with Gasteiger partial charge in [0.25, 0.3) is 0 Å². The SMILES string of the molecule is CCC(CN(C)c1ccc(F)cc1)C(=O)OC. The zero-order valence-corrected chi connectivity index (χ0v) is 10.4. The third kappa shape index (κ3) is 3.73. The molecule has 3 nitrogen and oxygen atoms in total. The summed E-state index contributed by atoms with van der Waals surface area (Å²) in [6, 6.07) is 6.20. The summed E-state index contributed by atoms with van der Waals surface area (Å²) in [5.74, 6) is -0.626. The first kappa shape index (κ1) is 13.5. The Bertz CT molecular complexity index is 364. The molecule has 0 N–H and O–H groups in total. The average molecular weight is 239 g/mol. The molecule has 17 heavy (non-hydrogen) atoms. The van der Waals surface area contributed by atoms with E-state index in [9.17, 15) is 9.18 Å². The summed E-state index contributed by atoms with van der Waals surface area (Å²) in [5.41, 5.74) is 0.883. The third-order valence-corrected chi connectivity index (χ3v) is 2.79. The minimum absolute atomic E-state index is 0.157. The molecular formula is C13H18FNO2. The molecule has 1 aromatic rings. The number of esters is 1. The van der Waals surface area contributed by atoms with Crippen LogP contribution < -0.4 is 4.90 Å². The molecule has 0 saturated heterocycles. The van der Waals surface area contributed by atoms with Crippen molar-refractivity contribution >= 4 is 11.7 Å². The van der Waals surface area contributed by atoms with Gasteiger partial charge in [-0.2, -0.15) is 0 Å². The molecule has 0 fully saturated rings. The van der Waals surface area contributed by atoms with Crippen molar-refractivity contribution in [1.82, 2.24) is 0 Å². The van der Waals surface area contributed by atoms with Crippen molar-refractivity contribution in [3.8, 4) is 0 Å². The Kier molecular flexibility index (Phi) is 4.94. The van der Waals surface area contributed by atoms with Crippen molar-refractivity contribution in [2.75, 3.05) is 25.6 Å². The first-order valence-electron chi connectivity index (χ1n) is 5.63. The molecule has 1 rings (SSSR count). The molecule has 0 bridgehead atoms. The molecule has 0 amide bonds. The topological polar surface area (TPSA) is 29.5 Å². The number of hydrogen-bond acceptors (Lipinski definition) is 3. The van der Waals surface area contributed by atoms with Gasteiger partial charge in [0.2, 0.25) is 0 Å². The minimum Gasteiger partial charge on any atom is -0.469 e. The molecule has 94 valence electrons. The van der Waals surface area contributed by atoms with Gasteiger partial charge in [0.15, 0.2) is 0 Å². The number of ether oxygens (including phenoxy) is 1. The van der Waals surface area contributed by atoms with Crippen LogP contribution in [0, 0.1) is 11.7 Å². The van der Waals surface area contributed by atoms with E-state index in [-0.39, 0.29) is 17.7 Å². The lowest BCUT2D eigenvalue weighted by molar-refractivity contribution is -0.145. The number of nitrogens with zero attached hydrogens (tertiary/aromatic N) is 1. The number of methoxy groups -OCH3 is 1. The van der Waals surface area contributed by atoms with Crippen LogP contribution in [0.15, 0.2) is 24.3 Å². The van der Waals surface area contributed by atoms with Crippen molar-refractivity contribution in [3.05, 3.63) is 30.1 Å². The highest BCUT2D eigenvalue weighted by Crippen LogP contribution is 2.16. The molecule has 0 heterocycles. The van der Waals surface area contributed by atoms with Crippen LogP contribution in [0.5, 0.6) is 0 Å². The highest BCUT2D eigenvalue weighted by Gasteiger charge is 2.19. The van der Waals surface area contributed by atoms with Crippen LogP contribution in [0.1, 0.15) is 13.3 Å². The van der Waals surface area contributed by atoms with Crippen LogP contribution >= 0.6 is 0 Å². The van der Waals surface area contributed by atoms with Crippen LogP contribution in [0.3, 0.4) is 0 Å². The summed E-state index contributed by atoms with van der Waals surface area (Å²) in [4.78, 5) is 13.4. The van der Waals surface area contributed by atoms with Gasteiger partial charge < -0.3 is 9.64 Å². The molecule has 4 heteroatoms. The number of carbonyl (C=O) groups is 1. The standard InChI is InChI=1S/C13H18FNO2/c1-4-10(13(16)17-3)9-15(2)12-7-5-11(14)6-8-12/h5-8,10H,4,9H2,1-3H3. The largest absolute Gasteiger partial charge is 0.469 e. The molecule has 1 atom stereocenters. The number of hydrogen-bond donors (Lipinski definition) is 0. The Labute approximate surface area is 101 Å². The second kappa shape index (κ2) is 6.23. The predicted molar refractivity (Wildman–Crippen MR) is 65.5 cm³/mol. The summed E-state index contributed by atoms with van der Waals surface area (Å²) < 4.78 is 17.5. The number of rotatable bonds is 5. The number of benzene rings is 1. The maximum absolute atomic E-state index is 12.8. The lowest BCUT2D eigenvalue weighted by Crippen LogP contribution is -2.30. The smallest absolute Gasteiger partial charge is 0.310 e. The number of carbonyl (C=O) groups excluding carboxylic acids is 1. The van der Waals surface area contributed by atoms with Crippen LogP contribution in [0.2, 0.25) is 0 Å². The van der Waals surface area contributed by atoms with Crippen LogP contribution in [-0.2, 0) is 9.53 Å². The summed E-state index contributed by atoms with van der Waals surface area (Å²) in [6.07, 6.45) is 0.720. The van der Waals surface area contributed by atoms with E-state index in [1.807, 2.05) is 18.9 Å². The van der Waals surface area contributed by atoms with Gasteiger partial charge in [-0.25, -0.2) is 4.39 Å². The zero-order valence-electron chi connectivity index (χ0n) is 10.4. The number of halogens is 1. The van der Waals surface area contributed by atoms with Crippen molar-refractivity contribution in [1.29, 1.82) is 0 Å². The fraction of sp³-hybridized carbons (Fsp3) is 0.462. The van der Waals surface area contributed by atoms with Gasteiger partial charge in [-0.05, 0) is 30.7 Å². The van der Waals surface area contributed by atoms with Gasteiger partial charge in [0.05, 0.1) is 13.0 Å². The normalized spacial score (nSPS) is 12.0. The molecule has 0 aromatic heterocycles. The van der Waals surface area contributed by atoms with Crippen molar-refractivity contribution < 1.29 is 13.9 Å². The summed E-state index contributed by atoms with van der Waals surface area (Å²) in [5, 5.41) is 0. The van der Waals surface area contributed by atoms with E-state index in [4.69, 9.17) is 4.74 Å². The van der Waals surface area contributed by atoms with E-state index in [1.165, 1.54) is 19.2 Å². The quantitative estimate of drug-likeness (QED) is 0.739. The molecular weight excluding hydrogens is 221 g/mol. The minimum atomic E-state index is -0.262. The van der Waals surface area contributed by atoms with Crippen LogP contribution in [0.4, 0.5) is 10.1 Å². The maximum Gasteiger partial charge on any atom is 0.310 e. The Morgan fingerprint density at radius 3 is 2.47 bits per heavy atom. The molecule has 0 radical (unpaired) electrons. The van der Waals surface area contributed by atoms with Crippen LogP contribution in [0.25, 0.3) is 0 Å². The van der Waals surface area contributed by atoms with E-state index in [0.717, 1.165) is 12.1 Å². The maximum atomic E-state index is 12.8. The Hall–Kier alpha value is -1.58. The molecule has 1 unspecified atom stereocenters. The van der Waals surface area contributed by atoms with Gasteiger partial charge in [-0.3, -0.25) is 4.79 Å². The third-order valence-electron chi connectivity index (χ3n) is 2.79. The highest BCUT2D eigenvalue weighted by molar-refractivity contribution is 5.73. The van der Waals surface area contributed by atoms with Gasteiger partial charge in [-0.1, -0.05) is 6.92 Å². The van der Waals surface area contributed by atoms with Gasteiger partial charge >= 0.3 is 5.97 Å². The van der Waals surface area contributed by atoms with Crippen molar-refractivity contribution in [2.45, 2.75) is 13.3 Å². The second-order valence-electron chi connectivity index (χ2n) is 3.99.